The van der Waals surface area contributed by atoms with Crippen LogP contribution in [0, 0.1) is 5.82 Å². The van der Waals surface area contributed by atoms with E-state index in [2.05, 4.69) is 9.84 Å². The lowest BCUT2D eigenvalue weighted by Crippen LogP contribution is -2.28. The van der Waals surface area contributed by atoms with Crippen LogP contribution >= 0.6 is 0 Å². The van der Waals surface area contributed by atoms with Gasteiger partial charge in [0.2, 0.25) is 5.89 Å². The summed E-state index contributed by atoms with van der Waals surface area (Å²) in [6.07, 6.45) is 0. The van der Waals surface area contributed by atoms with E-state index in [9.17, 15) is 18.0 Å². The van der Waals surface area contributed by atoms with E-state index in [1.165, 1.54) is 37.4 Å². The Morgan fingerprint density at radius 1 is 1.17 bits per heavy atom. The molecule has 0 fully saturated rings. The van der Waals surface area contributed by atoms with Crippen molar-refractivity contribution in [1.29, 1.82) is 0 Å². The Labute approximate surface area is 163 Å². The van der Waals surface area contributed by atoms with Gasteiger partial charge in [0.15, 0.2) is 11.5 Å². The minimum atomic E-state index is -2.95. The van der Waals surface area contributed by atoms with E-state index >= 15 is 0 Å². The van der Waals surface area contributed by atoms with Gasteiger partial charge in [0.25, 0.3) is 0 Å². The Morgan fingerprint density at radius 3 is 2.55 bits per heavy atom. The van der Waals surface area contributed by atoms with Gasteiger partial charge in [0.05, 0.1) is 7.11 Å². The normalized spacial score (nSPS) is 11.3. The second kappa shape index (κ2) is 8.82. The molecular weight excluding hydrogens is 391 g/mol. The summed E-state index contributed by atoms with van der Waals surface area (Å²) in [7, 11) is 3.10. The number of benzene rings is 2. The van der Waals surface area contributed by atoms with Gasteiger partial charge in [-0.1, -0.05) is 6.07 Å². The summed E-state index contributed by atoms with van der Waals surface area (Å²) in [6, 6.07) is 10.00. The van der Waals surface area contributed by atoms with Crippen LogP contribution in [0.5, 0.6) is 11.5 Å². The summed E-state index contributed by atoms with van der Waals surface area (Å²) in [6.45, 7) is -2.47. The van der Waals surface area contributed by atoms with Gasteiger partial charge in [0, 0.05) is 12.1 Å². The largest absolute Gasteiger partial charge is 0.493 e. The average Bonchev–Trinajstić information content (AvgIpc) is 3.03. The molecule has 0 aliphatic rings. The minimum Gasteiger partial charge on any atom is -0.493 e. The van der Waals surface area contributed by atoms with Crippen molar-refractivity contribution < 1.29 is 27.1 Å². The van der Waals surface area contributed by atoms with Crippen molar-refractivity contribution in [3.05, 3.63) is 64.4 Å². The van der Waals surface area contributed by atoms with E-state index in [-0.39, 0.29) is 24.1 Å². The Morgan fingerprint density at radius 2 is 1.90 bits per heavy atom. The zero-order valence-corrected chi connectivity index (χ0v) is 15.6. The molecule has 154 valence electrons. The van der Waals surface area contributed by atoms with Crippen LogP contribution in [-0.4, -0.2) is 35.4 Å². The fourth-order valence-corrected chi connectivity index (χ4v) is 2.70. The van der Waals surface area contributed by atoms with Gasteiger partial charge in [-0.25, -0.2) is 9.18 Å². The van der Waals surface area contributed by atoms with Crippen molar-refractivity contribution >= 4 is 0 Å². The molecule has 0 bridgehead atoms. The maximum absolute atomic E-state index is 13.0. The summed E-state index contributed by atoms with van der Waals surface area (Å²) in [5, 5.41) is 4.12. The van der Waals surface area contributed by atoms with Gasteiger partial charge >= 0.3 is 12.4 Å². The number of ether oxygens (including phenoxy) is 2. The molecule has 1 aromatic heterocycles. The Bertz CT molecular complexity index is 1020. The van der Waals surface area contributed by atoms with Gasteiger partial charge in [-0.2, -0.15) is 13.5 Å². The molecule has 2 aromatic carbocycles. The first-order valence-corrected chi connectivity index (χ1v) is 8.50. The van der Waals surface area contributed by atoms with Crippen molar-refractivity contribution in [3.63, 3.8) is 0 Å². The molecule has 0 atom stereocenters. The molecule has 0 radical (unpaired) electrons. The quantitative estimate of drug-likeness (QED) is 0.568. The number of halogens is 3. The number of methoxy groups -OCH3 is 1. The highest BCUT2D eigenvalue weighted by Gasteiger charge is 2.14. The zero-order chi connectivity index (χ0) is 21.0. The lowest BCUT2D eigenvalue weighted by atomic mass is 10.2. The summed E-state index contributed by atoms with van der Waals surface area (Å²) >= 11 is 0. The van der Waals surface area contributed by atoms with Gasteiger partial charge < -0.3 is 13.9 Å². The van der Waals surface area contributed by atoms with E-state index in [1.54, 1.807) is 24.1 Å². The van der Waals surface area contributed by atoms with Crippen molar-refractivity contribution in [2.45, 2.75) is 19.8 Å². The van der Waals surface area contributed by atoms with E-state index in [4.69, 9.17) is 9.15 Å². The van der Waals surface area contributed by atoms with Crippen LogP contribution in [0.15, 0.2) is 51.7 Å². The molecule has 0 amide bonds. The van der Waals surface area contributed by atoms with Crippen LogP contribution in [0.3, 0.4) is 0 Å². The third kappa shape index (κ3) is 5.17. The molecule has 10 heteroatoms. The maximum atomic E-state index is 13.0. The predicted octanol–water partition coefficient (Wildman–Crippen LogP) is 3.34. The number of nitrogens with zero attached hydrogens (tertiary/aromatic N) is 3. The van der Waals surface area contributed by atoms with Gasteiger partial charge in [-0.05, 0) is 49.0 Å². The Balaban J connectivity index is 1.70. The molecule has 0 spiro atoms. The molecule has 0 N–H and O–H groups in total. The minimum absolute atomic E-state index is 0.0643. The summed E-state index contributed by atoms with van der Waals surface area (Å²) < 4.78 is 53.6. The number of hydrogen-bond acceptors (Lipinski definition) is 6. The van der Waals surface area contributed by atoms with Crippen molar-refractivity contribution in [2.75, 3.05) is 14.2 Å². The third-order valence-electron chi connectivity index (χ3n) is 3.97. The standard InChI is InChI=1S/C19H18F3N3O4/c1-24(10-12-3-8-15(28-18(21)22)16(9-12)27-2)11-25-19(26)29-17(23-25)13-4-6-14(20)7-5-13/h3-9,18H,10-11H2,1-2H3. The lowest BCUT2D eigenvalue weighted by molar-refractivity contribution is -0.0512. The highest BCUT2D eigenvalue weighted by Crippen LogP contribution is 2.29. The van der Waals surface area contributed by atoms with Crippen LogP contribution < -0.4 is 15.2 Å². The van der Waals surface area contributed by atoms with Crippen LogP contribution in [0.1, 0.15) is 5.56 Å². The number of hydrogen-bond donors (Lipinski definition) is 0. The van der Waals surface area contributed by atoms with Crippen molar-refractivity contribution in [3.8, 4) is 23.0 Å². The predicted molar refractivity (Wildman–Crippen MR) is 97.3 cm³/mol. The average molecular weight is 409 g/mol. The van der Waals surface area contributed by atoms with E-state index in [1.807, 2.05) is 0 Å². The molecule has 0 aliphatic heterocycles. The Hall–Kier alpha value is -3.27. The number of aromatic nitrogens is 2. The van der Waals surface area contributed by atoms with E-state index in [0.29, 0.717) is 12.1 Å². The highest BCUT2D eigenvalue weighted by atomic mass is 19.3. The monoisotopic (exact) mass is 409 g/mol. The first kappa shape index (κ1) is 20.5. The Kier molecular flexibility index (Phi) is 6.23. The molecule has 0 saturated heterocycles. The fourth-order valence-electron chi connectivity index (χ4n) is 2.70. The molecule has 29 heavy (non-hydrogen) atoms. The summed E-state index contributed by atoms with van der Waals surface area (Å²) in [5.41, 5.74) is 1.23. The van der Waals surface area contributed by atoms with Crippen LogP contribution in [0.2, 0.25) is 0 Å². The third-order valence-corrected chi connectivity index (χ3v) is 3.97. The van der Waals surface area contributed by atoms with Crippen molar-refractivity contribution in [1.82, 2.24) is 14.7 Å². The molecule has 0 aliphatic carbocycles. The van der Waals surface area contributed by atoms with Crippen LogP contribution in [-0.2, 0) is 13.2 Å². The number of rotatable bonds is 8. The first-order valence-electron chi connectivity index (χ1n) is 8.50. The summed E-state index contributed by atoms with van der Waals surface area (Å²) in [5.74, 6) is -0.873. The number of alkyl halides is 2. The highest BCUT2D eigenvalue weighted by molar-refractivity contribution is 5.51. The van der Waals surface area contributed by atoms with Crippen LogP contribution in [0.4, 0.5) is 13.2 Å². The second-order valence-electron chi connectivity index (χ2n) is 6.20. The van der Waals surface area contributed by atoms with E-state index < -0.39 is 18.2 Å². The van der Waals surface area contributed by atoms with Crippen LogP contribution in [0.25, 0.3) is 11.5 Å². The summed E-state index contributed by atoms with van der Waals surface area (Å²) in [4.78, 5) is 13.8. The molecular formula is C19H18F3N3O4. The lowest BCUT2D eigenvalue weighted by Gasteiger charge is -2.17. The molecule has 7 nitrogen and oxygen atoms in total. The van der Waals surface area contributed by atoms with Gasteiger partial charge in [-0.3, -0.25) is 4.90 Å². The molecule has 3 rings (SSSR count). The second-order valence-corrected chi connectivity index (χ2v) is 6.20. The smallest absolute Gasteiger partial charge is 0.438 e. The topological polar surface area (TPSA) is 69.7 Å². The molecule has 0 saturated carbocycles. The van der Waals surface area contributed by atoms with Gasteiger partial charge in [-0.15, -0.1) is 5.10 Å². The van der Waals surface area contributed by atoms with E-state index in [0.717, 1.165) is 10.2 Å². The molecule has 1 heterocycles. The SMILES string of the molecule is COc1cc(CN(C)Cn2nc(-c3ccc(F)cc3)oc2=O)ccc1OC(F)F. The maximum Gasteiger partial charge on any atom is 0.438 e. The first-order chi connectivity index (χ1) is 13.9. The van der Waals surface area contributed by atoms with Crippen molar-refractivity contribution in [2.24, 2.45) is 0 Å². The molecule has 3 aromatic rings. The van der Waals surface area contributed by atoms with Gasteiger partial charge in [0.1, 0.15) is 12.5 Å². The molecule has 0 unspecified atom stereocenters. The zero-order valence-electron chi connectivity index (χ0n) is 15.6. The fraction of sp³-hybridized carbons (Fsp3) is 0.263.